The number of H-pyrrole nitrogens is 1. The van der Waals surface area contributed by atoms with Crippen molar-refractivity contribution in [2.45, 2.75) is 25.7 Å². The molecule has 0 unspecified atom stereocenters. The number of anilines is 1. The average Bonchev–Trinajstić information content (AvgIpc) is 2.94. The lowest BCUT2D eigenvalue weighted by Crippen LogP contribution is -2.10. The van der Waals surface area contributed by atoms with Crippen LogP contribution < -0.4 is 5.73 Å². The van der Waals surface area contributed by atoms with E-state index in [-0.39, 0.29) is 0 Å². The van der Waals surface area contributed by atoms with Crippen LogP contribution in [0.5, 0.6) is 0 Å². The largest absolute Gasteiger partial charge is 0.368 e. The molecule has 0 spiro atoms. The summed E-state index contributed by atoms with van der Waals surface area (Å²) in [6.45, 7) is 0.746. The quantitative estimate of drug-likeness (QED) is 0.665. The number of aryl methyl sites for hydroxylation is 2. The summed E-state index contributed by atoms with van der Waals surface area (Å²) in [4.78, 5) is 14.5. The van der Waals surface area contributed by atoms with Gasteiger partial charge in [0.2, 0.25) is 5.95 Å². The molecular formula is C21H23N5. The molecule has 0 saturated heterocycles. The minimum absolute atomic E-state index is 0.326. The van der Waals surface area contributed by atoms with Crippen molar-refractivity contribution in [3.8, 4) is 23.1 Å². The number of fused-ring (bicyclic) bond motifs is 5. The number of benzene rings is 1. The minimum atomic E-state index is 0.326. The van der Waals surface area contributed by atoms with Crippen LogP contribution in [0, 0.1) is 11.8 Å². The number of nitrogens with one attached hydrogen (secondary N) is 1. The first-order valence-electron chi connectivity index (χ1n) is 9.02. The SMILES string of the molecule is CN(C)CC#Cc1ccc2[nH]c3c(c2c1)-c1nc(N)ncc1CCCC3. The molecule has 2 heterocycles. The summed E-state index contributed by atoms with van der Waals surface area (Å²) in [6, 6.07) is 6.35. The Hall–Kier alpha value is -2.84. The molecule has 3 N–H and O–H groups in total. The topological polar surface area (TPSA) is 70.8 Å². The van der Waals surface area contributed by atoms with Gasteiger partial charge in [0.25, 0.3) is 0 Å². The highest BCUT2D eigenvalue weighted by molar-refractivity contribution is 5.98. The van der Waals surface area contributed by atoms with Gasteiger partial charge in [0.1, 0.15) is 0 Å². The summed E-state index contributed by atoms with van der Waals surface area (Å²) in [5.41, 5.74) is 12.6. The molecule has 0 saturated carbocycles. The van der Waals surface area contributed by atoms with Gasteiger partial charge < -0.3 is 10.7 Å². The van der Waals surface area contributed by atoms with Crippen LogP contribution in [0.1, 0.15) is 29.7 Å². The van der Waals surface area contributed by atoms with Crippen molar-refractivity contribution in [2.75, 3.05) is 26.4 Å². The zero-order valence-electron chi connectivity index (χ0n) is 15.3. The molecule has 132 valence electrons. The lowest BCUT2D eigenvalue weighted by Gasteiger charge is -2.14. The minimum Gasteiger partial charge on any atom is -0.368 e. The van der Waals surface area contributed by atoms with Gasteiger partial charge in [-0.15, -0.1) is 0 Å². The van der Waals surface area contributed by atoms with Crippen molar-refractivity contribution >= 4 is 16.9 Å². The van der Waals surface area contributed by atoms with Crippen LogP contribution in [-0.4, -0.2) is 40.5 Å². The molecule has 4 rings (SSSR count). The Morgan fingerprint density at radius 1 is 1.23 bits per heavy atom. The van der Waals surface area contributed by atoms with Gasteiger partial charge in [0, 0.05) is 33.9 Å². The van der Waals surface area contributed by atoms with E-state index >= 15 is 0 Å². The highest BCUT2D eigenvalue weighted by atomic mass is 15.0. The Labute approximate surface area is 153 Å². The zero-order chi connectivity index (χ0) is 18.1. The second-order valence-electron chi connectivity index (χ2n) is 7.09. The van der Waals surface area contributed by atoms with Gasteiger partial charge >= 0.3 is 0 Å². The van der Waals surface area contributed by atoms with Crippen LogP contribution in [-0.2, 0) is 12.8 Å². The molecule has 0 aliphatic heterocycles. The highest BCUT2D eigenvalue weighted by Gasteiger charge is 2.20. The summed E-state index contributed by atoms with van der Waals surface area (Å²) in [5.74, 6) is 6.80. The molecule has 5 heteroatoms. The first kappa shape index (κ1) is 16.6. The summed E-state index contributed by atoms with van der Waals surface area (Å²) in [7, 11) is 4.04. The van der Waals surface area contributed by atoms with Gasteiger partial charge in [0.15, 0.2) is 0 Å². The maximum absolute atomic E-state index is 5.91. The van der Waals surface area contributed by atoms with Gasteiger partial charge in [0.05, 0.1) is 12.2 Å². The second kappa shape index (κ2) is 6.81. The van der Waals surface area contributed by atoms with Crippen molar-refractivity contribution in [1.82, 2.24) is 19.9 Å². The lowest BCUT2D eigenvalue weighted by molar-refractivity contribution is 0.464. The Balaban J connectivity index is 1.89. The van der Waals surface area contributed by atoms with Crippen molar-refractivity contribution in [3.05, 3.63) is 41.2 Å². The van der Waals surface area contributed by atoms with E-state index in [9.17, 15) is 0 Å². The monoisotopic (exact) mass is 345 g/mol. The van der Waals surface area contributed by atoms with E-state index in [4.69, 9.17) is 5.73 Å². The molecule has 0 bridgehead atoms. The maximum atomic E-state index is 5.91. The normalized spacial score (nSPS) is 13.5. The van der Waals surface area contributed by atoms with Crippen LogP contribution in [0.25, 0.3) is 22.2 Å². The Kier molecular flexibility index (Phi) is 4.36. The number of aromatic nitrogens is 3. The predicted molar refractivity (Wildman–Crippen MR) is 106 cm³/mol. The van der Waals surface area contributed by atoms with E-state index in [0.717, 1.165) is 54.4 Å². The van der Waals surface area contributed by atoms with Crippen molar-refractivity contribution in [1.29, 1.82) is 0 Å². The van der Waals surface area contributed by atoms with Crippen LogP contribution in [0.3, 0.4) is 0 Å². The number of nitrogens with zero attached hydrogens (tertiary/aromatic N) is 3. The third kappa shape index (κ3) is 3.16. The Morgan fingerprint density at radius 2 is 2.08 bits per heavy atom. The Morgan fingerprint density at radius 3 is 2.92 bits per heavy atom. The summed E-state index contributed by atoms with van der Waals surface area (Å²) >= 11 is 0. The number of hydrogen-bond donors (Lipinski definition) is 2. The van der Waals surface area contributed by atoms with Crippen molar-refractivity contribution in [3.63, 3.8) is 0 Å². The number of aromatic amines is 1. The number of hydrogen-bond acceptors (Lipinski definition) is 4. The summed E-state index contributed by atoms with van der Waals surface area (Å²) < 4.78 is 0. The van der Waals surface area contributed by atoms with Gasteiger partial charge in [-0.2, -0.15) is 0 Å². The van der Waals surface area contributed by atoms with Crippen molar-refractivity contribution < 1.29 is 0 Å². The number of nitrogen functional groups attached to an aromatic ring is 1. The van der Waals surface area contributed by atoms with Gasteiger partial charge in [-0.05, 0) is 63.5 Å². The third-order valence-corrected chi connectivity index (χ3v) is 4.75. The van der Waals surface area contributed by atoms with E-state index in [1.807, 2.05) is 20.3 Å². The second-order valence-corrected chi connectivity index (χ2v) is 7.09. The summed E-state index contributed by atoms with van der Waals surface area (Å²) in [6.07, 6.45) is 6.18. The lowest BCUT2D eigenvalue weighted by atomic mass is 9.94. The molecule has 0 radical (unpaired) electrons. The van der Waals surface area contributed by atoms with E-state index in [1.165, 1.54) is 16.8 Å². The van der Waals surface area contributed by atoms with Crippen molar-refractivity contribution in [2.24, 2.45) is 0 Å². The molecule has 3 aromatic rings. The molecule has 1 aromatic carbocycles. The molecule has 0 amide bonds. The molecule has 0 atom stereocenters. The average molecular weight is 345 g/mol. The van der Waals surface area contributed by atoms with Crippen LogP contribution >= 0.6 is 0 Å². The smallest absolute Gasteiger partial charge is 0.220 e. The first-order valence-corrected chi connectivity index (χ1v) is 9.02. The van der Waals surface area contributed by atoms with E-state index in [0.29, 0.717) is 5.95 Å². The summed E-state index contributed by atoms with van der Waals surface area (Å²) in [5, 5.41) is 1.16. The molecular weight excluding hydrogens is 322 g/mol. The Bertz CT molecular complexity index is 1020. The molecule has 26 heavy (non-hydrogen) atoms. The van der Waals surface area contributed by atoms with Gasteiger partial charge in [-0.3, -0.25) is 4.90 Å². The fourth-order valence-corrected chi connectivity index (χ4v) is 3.52. The van der Waals surface area contributed by atoms with E-state index in [2.05, 4.69) is 49.9 Å². The highest BCUT2D eigenvalue weighted by Crippen LogP contribution is 2.36. The first-order chi connectivity index (χ1) is 12.6. The van der Waals surface area contributed by atoms with E-state index < -0.39 is 0 Å². The standard InChI is InChI=1S/C21H23N5/c1-26(2)11-5-6-14-9-10-17-16(12-14)19-18(24-17)8-4-3-7-15-13-23-21(22)25-20(15)19/h9-10,12-13,24H,3-4,7-8,11H2,1-2H3,(H2,22,23,25). The predicted octanol–water partition coefficient (Wildman–Crippen LogP) is 3.00. The fraction of sp³-hybridized carbons (Fsp3) is 0.333. The molecule has 1 aliphatic rings. The number of rotatable bonds is 1. The number of nitrogens with two attached hydrogens (primary N) is 1. The zero-order valence-corrected chi connectivity index (χ0v) is 15.3. The third-order valence-electron chi connectivity index (χ3n) is 4.75. The molecule has 1 aliphatic carbocycles. The van der Waals surface area contributed by atoms with Crippen LogP contribution in [0.2, 0.25) is 0 Å². The maximum Gasteiger partial charge on any atom is 0.220 e. The molecule has 0 fully saturated rings. The van der Waals surface area contributed by atoms with Gasteiger partial charge in [-0.1, -0.05) is 11.8 Å². The van der Waals surface area contributed by atoms with Crippen LogP contribution in [0.4, 0.5) is 5.95 Å². The molecule has 2 aromatic heterocycles. The van der Waals surface area contributed by atoms with E-state index in [1.54, 1.807) is 0 Å². The van der Waals surface area contributed by atoms with Gasteiger partial charge in [-0.25, -0.2) is 9.97 Å². The molecule has 5 nitrogen and oxygen atoms in total. The fourth-order valence-electron chi connectivity index (χ4n) is 3.52. The van der Waals surface area contributed by atoms with Crippen LogP contribution in [0.15, 0.2) is 24.4 Å².